The molecule has 0 radical (unpaired) electrons. The van der Waals surface area contributed by atoms with E-state index >= 15 is 0 Å². The first-order valence-electron chi connectivity index (χ1n) is 8.14. The van der Waals surface area contributed by atoms with Gasteiger partial charge >= 0.3 is 6.18 Å². The van der Waals surface area contributed by atoms with Gasteiger partial charge in [0.15, 0.2) is 0 Å². The number of alkyl halides is 3. The molecule has 2 rings (SSSR count). The summed E-state index contributed by atoms with van der Waals surface area (Å²) in [6.07, 6.45) is -3.11. The van der Waals surface area contributed by atoms with Crippen LogP contribution in [0.1, 0.15) is 15.9 Å². The third-order valence-electron chi connectivity index (χ3n) is 3.45. The number of pyridine rings is 1. The van der Waals surface area contributed by atoms with E-state index in [1.165, 1.54) is 31.5 Å². The number of para-hydroxylation sites is 1. The fraction of sp³-hybridized carbons (Fsp3) is 0.278. The van der Waals surface area contributed by atoms with Crippen molar-refractivity contribution in [2.24, 2.45) is 0 Å². The van der Waals surface area contributed by atoms with Gasteiger partial charge in [-0.2, -0.15) is 13.2 Å². The maximum absolute atomic E-state index is 13.0. The van der Waals surface area contributed by atoms with Crippen LogP contribution in [0.25, 0.3) is 0 Å². The van der Waals surface area contributed by atoms with Gasteiger partial charge in [-0.15, -0.1) is 0 Å². The molecular weight excluding hydrogens is 395 g/mol. The van der Waals surface area contributed by atoms with Gasteiger partial charge < -0.3 is 15.4 Å². The molecule has 2 aromatic rings. The number of halogens is 3. The SMILES string of the molecule is COCCNC(=O)c1cccnc1SCC(=O)Nc1ccccc1C(F)(F)F. The van der Waals surface area contributed by atoms with Crippen molar-refractivity contribution < 1.29 is 27.5 Å². The highest BCUT2D eigenvalue weighted by molar-refractivity contribution is 8.00. The molecule has 0 aliphatic carbocycles. The zero-order valence-corrected chi connectivity index (χ0v) is 15.7. The Labute approximate surface area is 163 Å². The lowest BCUT2D eigenvalue weighted by Gasteiger charge is -2.13. The molecule has 0 bridgehead atoms. The highest BCUT2D eigenvalue weighted by Gasteiger charge is 2.33. The van der Waals surface area contributed by atoms with Crippen molar-refractivity contribution in [1.82, 2.24) is 10.3 Å². The smallest absolute Gasteiger partial charge is 0.383 e. The number of carbonyl (C=O) groups is 2. The molecule has 1 heterocycles. The standard InChI is InChI=1S/C18H18F3N3O3S/c1-27-10-9-22-16(26)12-5-4-8-23-17(12)28-11-15(25)24-14-7-3-2-6-13(14)18(19,20)21/h2-8H,9-11H2,1H3,(H,22,26)(H,24,25). The van der Waals surface area contributed by atoms with E-state index in [9.17, 15) is 22.8 Å². The molecule has 0 spiro atoms. The van der Waals surface area contributed by atoms with Crippen molar-refractivity contribution in [3.63, 3.8) is 0 Å². The monoisotopic (exact) mass is 413 g/mol. The Morgan fingerprint density at radius 2 is 1.93 bits per heavy atom. The lowest BCUT2D eigenvalue weighted by Crippen LogP contribution is -2.27. The van der Waals surface area contributed by atoms with Gasteiger partial charge in [0.25, 0.3) is 5.91 Å². The second kappa shape index (κ2) is 10.1. The van der Waals surface area contributed by atoms with Gasteiger partial charge in [0.2, 0.25) is 5.91 Å². The maximum atomic E-state index is 13.0. The van der Waals surface area contributed by atoms with Gasteiger partial charge in [-0.3, -0.25) is 9.59 Å². The van der Waals surface area contributed by atoms with Crippen LogP contribution in [0.5, 0.6) is 0 Å². The van der Waals surface area contributed by atoms with Crippen LogP contribution in [0.15, 0.2) is 47.6 Å². The second-order valence-corrected chi connectivity index (χ2v) is 6.45. The highest BCUT2D eigenvalue weighted by atomic mass is 32.2. The number of hydrogen-bond acceptors (Lipinski definition) is 5. The Morgan fingerprint density at radius 3 is 2.64 bits per heavy atom. The minimum atomic E-state index is -4.58. The number of aromatic nitrogens is 1. The number of nitrogens with zero attached hydrogens (tertiary/aromatic N) is 1. The first kappa shape index (κ1) is 21.7. The summed E-state index contributed by atoms with van der Waals surface area (Å²) < 4.78 is 43.9. The van der Waals surface area contributed by atoms with E-state index in [4.69, 9.17) is 4.74 Å². The summed E-state index contributed by atoms with van der Waals surface area (Å²) in [4.78, 5) is 28.4. The molecular formula is C18H18F3N3O3S. The fourth-order valence-electron chi connectivity index (χ4n) is 2.20. The molecule has 1 aromatic heterocycles. The van der Waals surface area contributed by atoms with Crippen LogP contribution in [0.4, 0.5) is 18.9 Å². The number of anilines is 1. The van der Waals surface area contributed by atoms with Gasteiger partial charge in [0.1, 0.15) is 5.03 Å². The van der Waals surface area contributed by atoms with Crippen LogP contribution in [0.3, 0.4) is 0 Å². The third kappa shape index (κ3) is 6.24. The van der Waals surface area contributed by atoms with E-state index in [1.807, 2.05) is 0 Å². The number of methoxy groups -OCH3 is 1. The topological polar surface area (TPSA) is 80.3 Å². The summed E-state index contributed by atoms with van der Waals surface area (Å²) >= 11 is 0.959. The fourth-order valence-corrected chi connectivity index (χ4v) is 2.99. The van der Waals surface area contributed by atoms with E-state index in [-0.39, 0.29) is 22.9 Å². The number of carbonyl (C=O) groups excluding carboxylic acids is 2. The summed E-state index contributed by atoms with van der Waals surface area (Å²) in [6, 6.07) is 7.85. The molecule has 0 aliphatic heterocycles. The van der Waals surface area contributed by atoms with Crippen LogP contribution in [0, 0.1) is 0 Å². The quantitative estimate of drug-likeness (QED) is 0.513. The Kier molecular flexibility index (Phi) is 7.82. The molecule has 0 saturated heterocycles. The van der Waals surface area contributed by atoms with E-state index in [2.05, 4.69) is 15.6 Å². The lowest BCUT2D eigenvalue weighted by atomic mass is 10.1. The number of rotatable bonds is 8. The van der Waals surface area contributed by atoms with E-state index < -0.39 is 17.6 Å². The van der Waals surface area contributed by atoms with E-state index in [0.29, 0.717) is 18.2 Å². The molecule has 0 aliphatic rings. The van der Waals surface area contributed by atoms with Crippen LogP contribution >= 0.6 is 11.8 Å². The van der Waals surface area contributed by atoms with Crippen LogP contribution in [-0.4, -0.2) is 42.8 Å². The highest BCUT2D eigenvalue weighted by Crippen LogP contribution is 2.34. The number of ether oxygens (including phenoxy) is 1. The lowest BCUT2D eigenvalue weighted by molar-refractivity contribution is -0.137. The normalized spacial score (nSPS) is 11.1. The summed E-state index contributed by atoms with van der Waals surface area (Å²) in [5.41, 5.74) is -0.976. The van der Waals surface area contributed by atoms with Gasteiger partial charge in [0, 0.05) is 19.9 Å². The predicted molar refractivity (Wildman–Crippen MR) is 99.2 cm³/mol. The number of amides is 2. The minimum Gasteiger partial charge on any atom is -0.383 e. The van der Waals surface area contributed by atoms with Crippen molar-refractivity contribution in [2.45, 2.75) is 11.2 Å². The summed E-state index contributed by atoms with van der Waals surface area (Å²) in [5.74, 6) is -1.23. The summed E-state index contributed by atoms with van der Waals surface area (Å²) in [7, 11) is 1.51. The number of benzene rings is 1. The molecule has 10 heteroatoms. The minimum absolute atomic E-state index is 0.207. The van der Waals surface area contributed by atoms with Crippen LogP contribution in [-0.2, 0) is 15.7 Å². The number of hydrogen-bond donors (Lipinski definition) is 2. The maximum Gasteiger partial charge on any atom is 0.418 e. The predicted octanol–water partition coefficient (Wildman–Crippen LogP) is 3.21. The first-order valence-corrected chi connectivity index (χ1v) is 9.12. The Hall–Kier alpha value is -2.59. The van der Waals surface area contributed by atoms with Crippen LogP contribution in [0.2, 0.25) is 0 Å². The molecule has 2 N–H and O–H groups in total. The van der Waals surface area contributed by atoms with E-state index in [0.717, 1.165) is 17.8 Å². The molecule has 0 fully saturated rings. The molecule has 6 nitrogen and oxygen atoms in total. The van der Waals surface area contributed by atoms with Crippen molar-refractivity contribution in [3.8, 4) is 0 Å². The molecule has 28 heavy (non-hydrogen) atoms. The Bertz CT molecular complexity index is 831. The number of nitrogens with one attached hydrogen (secondary N) is 2. The van der Waals surface area contributed by atoms with Crippen molar-refractivity contribution >= 4 is 29.3 Å². The average Bonchev–Trinajstić information content (AvgIpc) is 2.66. The molecule has 0 saturated carbocycles. The molecule has 0 unspecified atom stereocenters. The van der Waals surface area contributed by atoms with Crippen molar-refractivity contribution in [1.29, 1.82) is 0 Å². The largest absolute Gasteiger partial charge is 0.418 e. The average molecular weight is 413 g/mol. The van der Waals surface area contributed by atoms with Crippen LogP contribution < -0.4 is 10.6 Å². The van der Waals surface area contributed by atoms with E-state index in [1.54, 1.807) is 12.1 Å². The third-order valence-corrected chi connectivity index (χ3v) is 4.46. The van der Waals surface area contributed by atoms with Gasteiger partial charge in [0.05, 0.1) is 29.2 Å². The Balaban J connectivity index is 2.02. The first-order chi connectivity index (χ1) is 13.3. The molecule has 2 amide bonds. The van der Waals surface area contributed by atoms with Gasteiger partial charge in [-0.25, -0.2) is 4.98 Å². The molecule has 150 valence electrons. The van der Waals surface area contributed by atoms with Crippen molar-refractivity contribution in [3.05, 3.63) is 53.7 Å². The summed E-state index contributed by atoms with van der Waals surface area (Å²) in [5, 5.41) is 5.20. The summed E-state index contributed by atoms with van der Waals surface area (Å²) in [6.45, 7) is 0.651. The van der Waals surface area contributed by atoms with Crippen molar-refractivity contribution in [2.75, 3.05) is 31.3 Å². The van der Waals surface area contributed by atoms with Gasteiger partial charge in [-0.05, 0) is 24.3 Å². The Morgan fingerprint density at radius 1 is 1.18 bits per heavy atom. The molecule has 1 aromatic carbocycles. The second-order valence-electron chi connectivity index (χ2n) is 5.49. The number of thioether (sulfide) groups is 1. The van der Waals surface area contributed by atoms with Gasteiger partial charge in [-0.1, -0.05) is 23.9 Å². The zero-order chi connectivity index (χ0) is 20.6. The molecule has 0 atom stereocenters. The zero-order valence-electron chi connectivity index (χ0n) is 14.9.